The topological polar surface area (TPSA) is 53.6 Å². The molecule has 0 bridgehead atoms. The summed E-state index contributed by atoms with van der Waals surface area (Å²) in [6, 6.07) is 1.86. The van der Waals surface area contributed by atoms with E-state index in [1.165, 1.54) is 0 Å². The Morgan fingerprint density at radius 1 is 1.47 bits per heavy atom. The van der Waals surface area contributed by atoms with E-state index in [1.807, 2.05) is 19.9 Å². The van der Waals surface area contributed by atoms with Gasteiger partial charge in [0.25, 0.3) is 0 Å². The third kappa shape index (κ3) is 3.69. The summed E-state index contributed by atoms with van der Waals surface area (Å²) < 4.78 is 37.2. The van der Waals surface area contributed by atoms with Crippen LogP contribution in [-0.2, 0) is 12.6 Å². The van der Waals surface area contributed by atoms with E-state index in [-0.39, 0.29) is 11.2 Å². The minimum absolute atomic E-state index is 0.0464. The summed E-state index contributed by atoms with van der Waals surface area (Å²) >= 11 is 0.950. The average molecular weight is 290 g/mol. The molecule has 2 aromatic rings. The molecule has 0 aliphatic heterocycles. The Bertz CT molecular complexity index is 546. The highest BCUT2D eigenvalue weighted by atomic mass is 32.1. The molecule has 19 heavy (non-hydrogen) atoms. The van der Waals surface area contributed by atoms with Gasteiger partial charge in [-0.3, -0.25) is 5.10 Å². The number of anilines is 1. The Morgan fingerprint density at radius 3 is 2.74 bits per heavy atom. The summed E-state index contributed by atoms with van der Waals surface area (Å²) in [6.45, 7) is 3.77. The van der Waals surface area contributed by atoms with Crippen LogP contribution in [0.2, 0.25) is 0 Å². The molecule has 2 aromatic heterocycles. The molecular weight excluding hydrogens is 277 g/mol. The van der Waals surface area contributed by atoms with E-state index in [4.69, 9.17) is 0 Å². The van der Waals surface area contributed by atoms with Crippen LogP contribution in [0.15, 0.2) is 11.4 Å². The van der Waals surface area contributed by atoms with E-state index >= 15 is 0 Å². The van der Waals surface area contributed by atoms with Gasteiger partial charge in [-0.15, -0.1) is 11.3 Å². The van der Waals surface area contributed by atoms with E-state index < -0.39 is 11.9 Å². The zero-order valence-electron chi connectivity index (χ0n) is 10.4. The highest BCUT2D eigenvalue weighted by molar-refractivity contribution is 7.13. The number of alkyl halides is 3. The lowest BCUT2D eigenvalue weighted by Gasteiger charge is -2.10. The number of aromatic nitrogens is 3. The van der Waals surface area contributed by atoms with Crippen molar-refractivity contribution < 1.29 is 13.2 Å². The van der Waals surface area contributed by atoms with Crippen LogP contribution in [0.4, 0.5) is 18.3 Å². The van der Waals surface area contributed by atoms with Crippen molar-refractivity contribution in [3.8, 4) is 0 Å². The largest absolute Gasteiger partial charge is 0.434 e. The zero-order chi connectivity index (χ0) is 14.0. The maximum absolute atomic E-state index is 12.4. The van der Waals surface area contributed by atoms with Gasteiger partial charge in [0.2, 0.25) is 0 Å². The number of nitrogens with one attached hydrogen (secondary N) is 2. The molecule has 2 N–H and O–H groups in total. The summed E-state index contributed by atoms with van der Waals surface area (Å²) in [5.41, 5.74) is 0.962. The van der Waals surface area contributed by atoms with Crippen LogP contribution in [0.1, 0.15) is 24.0 Å². The molecule has 0 fully saturated rings. The summed E-state index contributed by atoms with van der Waals surface area (Å²) in [6.07, 6.45) is -3.77. The number of H-pyrrole nitrogens is 1. The second-order valence-corrected chi connectivity index (χ2v) is 5.19. The Kier molecular flexibility index (Phi) is 3.79. The van der Waals surface area contributed by atoms with Gasteiger partial charge in [-0.25, -0.2) is 4.98 Å². The monoisotopic (exact) mass is 290 g/mol. The number of nitrogens with zero attached hydrogens (tertiary/aromatic N) is 2. The molecule has 0 spiro atoms. The third-order valence-electron chi connectivity index (χ3n) is 2.44. The summed E-state index contributed by atoms with van der Waals surface area (Å²) in [5.74, 6) is 0. The Balaban J connectivity index is 1.95. The van der Waals surface area contributed by atoms with Crippen molar-refractivity contribution in [3.63, 3.8) is 0 Å². The van der Waals surface area contributed by atoms with Crippen LogP contribution >= 0.6 is 11.3 Å². The van der Waals surface area contributed by atoms with Gasteiger partial charge < -0.3 is 5.32 Å². The van der Waals surface area contributed by atoms with Crippen molar-refractivity contribution in [3.05, 3.63) is 28.5 Å². The minimum atomic E-state index is -4.39. The molecule has 2 rings (SSSR count). The van der Waals surface area contributed by atoms with Gasteiger partial charge in [0.05, 0.1) is 5.69 Å². The molecule has 0 amide bonds. The van der Waals surface area contributed by atoms with E-state index in [9.17, 15) is 13.2 Å². The smallest absolute Gasteiger partial charge is 0.359 e. The lowest BCUT2D eigenvalue weighted by molar-refractivity contribution is -0.140. The van der Waals surface area contributed by atoms with Gasteiger partial charge in [-0.1, -0.05) is 0 Å². The van der Waals surface area contributed by atoms with Gasteiger partial charge in [-0.05, 0) is 19.9 Å². The van der Waals surface area contributed by atoms with Crippen molar-refractivity contribution in [1.82, 2.24) is 15.2 Å². The molecule has 4 nitrogen and oxygen atoms in total. The van der Waals surface area contributed by atoms with E-state index in [2.05, 4.69) is 20.5 Å². The molecular formula is C11H13F3N4S. The van der Waals surface area contributed by atoms with Crippen LogP contribution in [-0.4, -0.2) is 21.2 Å². The first-order chi connectivity index (χ1) is 8.84. The molecule has 2 heterocycles. The Morgan fingerprint density at radius 2 is 2.21 bits per heavy atom. The van der Waals surface area contributed by atoms with Crippen molar-refractivity contribution in [2.45, 2.75) is 32.5 Å². The van der Waals surface area contributed by atoms with Gasteiger partial charge in [0, 0.05) is 23.5 Å². The van der Waals surface area contributed by atoms with E-state index in [0.29, 0.717) is 6.42 Å². The Hall–Kier alpha value is -1.57. The first-order valence-corrected chi connectivity index (χ1v) is 6.52. The van der Waals surface area contributed by atoms with Gasteiger partial charge in [-0.2, -0.15) is 18.3 Å². The predicted octanol–water partition coefficient (Wildman–Crippen LogP) is 3.24. The summed E-state index contributed by atoms with van der Waals surface area (Å²) in [5, 5.41) is 11.1. The summed E-state index contributed by atoms with van der Waals surface area (Å²) in [4.78, 5) is 3.52. The normalized spacial score (nSPS) is 13.5. The molecule has 1 unspecified atom stereocenters. The number of thiazole rings is 1. The molecule has 104 valence electrons. The molecule has 0 aromatic carbocycles. The van der Waals surface area contributed by atoms with Crippen molar-refractivity contribution in [1.29, 1.82) is 0 Å². The molecule has 0 aliphatic carbocycles. The predicted molar refractivity (Wildman–Crippen MR) is 67.2 cm³/mol. The summed E-state index contributed by atoms with van der Waals surface area (Å²) in [7, 11) is 0. The SMILES string of the molecule is Cc1cc(CC(C)Nc2nc(C(F)(F)F)cs2)n[nH]1. The molecule has 0 saturated heterocycles. The van der Waals surface area contributed by atoms with Crippen molar-refractivity contribution >= 4 is 16.5 Å². The lowest BCUT2D eigenvalue weighted by Crippen LogP contribution is -2.18. The first kappa shape index (κ1) is 13.9. The number of hydrogen-bond acceptors (Lipinski definition) is 4. The van der Waals surface area contributed by atoms with Crippen LogP contribution in [0.25, 0.3) is 0 Å². The fraction of sp³-hybridized carbons (Fsp3) is 0.455. The first-order valence-electron chi connectivity index (χ1n) is 5.65. The quantitative estimate of drug-likeness (QED) is 0.909. The molecule has 0 radical (unpaired) electrons. The fourth-order valence-electron chi connectivity index (χ4n) is 1.62. The highest BCUT2D eigenvalue weighted by Gasteiger charge is 2.33. The number of halogens is 3. The van der Waals surface area contributed by atoms with Gasteiger partial charge >= 0.3 is 6.18 Å². The standard InChI is InChI=1S/C11H13F3N4S/c1-6(3-8-4-7(2)17-18-8)15-10-16-9(5-19-10)11(12,13)14/h4-6H,3H2,1-2H3,(H,15,16)(H,17,18). The van der Waals surface area contributed by atoms with Gasteiger partial charge in [0.15, 0.2) is 10.8 Å². The third-order valence-corrected chi connectivity index (χ3v) is 3.21. The van der Waals surface area contributed by atoms with E-state index in [1.54, 1.807) is 0 Å². The molecule has 8 heteroatoms. The van der Waals surface area contributed by atoms with E-state index in [0.717, 1.165) is 28.1 Å². The minimum Gasteiger partial charge on any atom is -0.359 e. The number of aromatic amines is 1. The highest BCUT2D eigenvalue weighted by Crippen LogP contribution is 2.31. The van der Waals surface area contributed by atoms with Gasteiger partial charge in [0.1, 0.15) is 0 Å². The maximum Gasteiger partial charge on any atom is 0.434 e. The van der Waals surface area contributed by atoms with Crippen LogP contribution in [0.3, 0.4) is 0 Å². The molecule has 1 atom stereocenters. The van der Waals surface area contributed by atoms with Crippen LogP contribution < -0.4 is 5.32 Å². The van der Waals surface area contributed by atoms with Crippen molar-refractivity contribution in [2.24, 2.45) is 0 Å². The fourth-order valence-corrected chi connectivity index (χ4v) is 2.45. The lowest BCUT2D eigenvalue weighted by atomic mass is 10.2. The second kappa shape index (κ2) is 5.20. The molecule has 0 saturated carbocycles. The number of hydrogen-bond donors (Lipinski definition) is 2. The Labute approximate surface area is 112 Å². The van der Waals surface area contributed by atoms with Crippen molar-refractivity contribution in [2.75, 3.05) is 5.32 Å². The zero-order valence-corrected chi connectivity index (χ0v) is 11.2. The number of rotatable bonds is 4. The number of aryl methyl sites for hydroxylation is 1. The molecule has 0 aliphatic rings. The average Bonchev–Trinajstić information content (AvgIpc) is 2.87. The second-order valence-electron chi connectivity index (χ2n) is 4.33. The van der Waals surface area contributed by atoms with Crippen LogP contribution in [0.5, 0.6) is 0 Å². The maximum atomic E-state index is 12.4. The van der Waals surface area contributed by atoms with Crippen LogP contribution in [0, 0.1) is 6.92 Å².